The normalized spacial score (nSPS) is 17.4. The number of nitrogens with zero attached hydrogens (tertiary/aromatic N) is 1. The summed E-state index contributed by atoms with van der Waals surface area (Å²) >= 11 is 0. The summed E-state index contributed by atoms with van der Waals surface area (Å²) in [6.07, 6.45) is 0. The molecule has 0 aliphatic carbocycles. The third-order valence-electron chi connectivity index (χ3n) is 3.12. The van der Waals surface area contributed by atoms with Crippen LogP contribution in [-0.4, -0.2) is 43.7 Å². The molecule has 1 aromatic carbocycles. The summed E-state index contributed by atoms with van der Waals surface area (Å²) < 4.78 is 10.7. The Balaban J connectivity index is 2.06. The van der Waals surface area contributed by atoms with E-state index in [4.69, 9.17) is 15.2 Å². The van der Waals surface area contributed by atoms with Gasteiger partial charge in [-0.1, -0.05) is 18.2 Å². The largest absolute Gasteiger partial charge is 0.494 e. The van der Waals surface area contributed by atoms with Gasteiger partial charge in [-0.3, -0.25) is 4.79 Å². The predicted molar refractivity (Wildman–Crippen MR) is 71.9 cm³/mol. The van der Waals surface area contributed by atoms with Gasteiger partial charge in [-0.2, -0.15) is 0 Å². The van der Waals surface area contributed by atoms with Crippen LogP contribution in [0.1, 0.15) is 18.5 Å². The second-order valence-corrected chi connectivity index (χ2v) is 4.47. The lowest BCUT2D eigenvalue weighted by Gasteiger charge is -2.29. The Hall–Kier alpha value is -1.59. The van der Waals surface area contributed by atoms with Gasteiger partial charge in [-0.05, 0) is 13.0 Å². The molecule has 1 amide bonds. The van der Waals surface area contributed by atoms with E-state index in [0.29, 0.717) is 26.3 Å². The number of amides is 1. The van der Waals surface area contributed by atoms with Crippen molar-refractivity contribution in [3.05, 3.63) is 29.8 Å². The van der Waals surface area contributed by atoms with Gasteiger partial charge >= 0.3 is 0 Å². The number of hydrogen-bond acceptors (Lipinski definition) is 4. The Morgan fingerprint density at radius 3 is 3.00 bits per heavy atom. The van der Waals surface area contributed by atoms with Crippen molar-refractivity contribution in [1.82, 2.24) is 4.90 Å². The van der Waals surface area contributed by atoms with E-state index in [0.717, 1.165) is 11.3 Å². The molecule has 1 unspecified atom stereocenters. The maximum Gasteiger partial charge on any atom is 0.248 e. The van der Waals surface area contributed by atoms with Gasteiger partial charge in [0.15, 0.2) is 0 Å². The predicted octanol–water partition coefficient (Wildman–Crippen LogP) is 0.944. The van der Waals surface area contributed by atoms with Crippen LogP contribution in [-0.2, 0) is 9.53 Å². The minimum atomic E-state index is -0.246. The zero-order valence-corrected chi connectivity index (χ0v) is 11.2. The lowest BCUT2D eigenvalue weighted by Crippen LogP contribution is -2.44. The molecule has 0 aromatic heterocycles. The number of ether oxygens (including phenoxy) is 2. The van der Waals surface area contributed by atoms with E-state index >= 15 is 0 Å². The lowest BCUT2D eigenvalue weighted by atomic mass is 10.1. The summed E-state index contributed by atoms with van der Waals surface area (Å²) in [6, 6.07) is 7.45. The topological polar surface area (TPSA) is 64.8 Å². The molecule has 2 rings (SSSR count). The zero-order valence-electron chi connectivity index (χ0n) is 11.2. The molecule has 104 valence electrons. The van der Waals surface area contributed by atoms with Gasteiger partial charge in [0.05, 0.1) is 19.3 Å². The summed E-state index contributed by atoms with van der Waals surface area (Å²) in [7, 11) is 0. The van der Waals surface area contributed by atoms with Crippen molar-refractivity contribution in [2.24, 2.45) is 5.73 Å². The van der Waals surface area contributed by atoms with Crippen molar-refractivity contribution in [2.75, 3.05) is 32.9 Å². The Kier molecular flexibility index (Phi) is 4.76. The molecule has 1 aliphatic rings. The smallest absolute Gasteiger partial charge is 0.248 e. The lowest BCUT2D eigenvalue weighted by molar-refractivity contribution is -0.142. The number of rotatable bonds is 5. The average Bonchev–Trinajstić information content (AvgIpc) is 2.42. The number of benzene rings is 1. The minimum Gasteiger partial charge on any atom is -0.494 e. The van der Waals surface area contributed by atoms with Crippen LogP contribution in [0.15, 0.2) is 24.3 Å². The molecule has 1 atom stereocenters. The quantitative estimate of drug-likeness (QED) is 0.859. The molecule has 1 saturated heterocycles. The average molecular weight is 264 g/mol. The summed E-state index contributed by atoms with van der Waals surface area (Å²) in [6.45, 7) is 4.36. The first-order chi connectivity index (χ1) is 9.22. The van der Waals surface area contributed by atoms with Crippen LogP contribution in [0.4, 0.5) is 0 Å². The Labute approximate surface area is 113 Å². The van der Waals surface area contributed by atoms with Crippen molar-refractivity contribution in [2.45, 2.75) is 13.0 Å². The second kappa shape index (κ2) is 6.54. The van der Waals surface area contributed by atoms with E-state index < -0.39 is 0 Å². The Bertz CT molecular complexity index is 436. The molecule has 19 heavy (non-hydrogen) atoms. The Morgan fingerprint density at radius 2 is 2.26 bits per heavy atom. The second-order valence-electron chi connectivity index (χ2n) is 4.47. The van der Waals surface area contributed by atoms with Crippen molar-refractivity contribution < 1.29 is 14.3 Å². The molecular weight excluding hydrogens is 244 g/mol. The monoisotopic (exact) mass is 264 g/mol. The summed E-state index contributed by atoms with van der Waals surface area (Å²) in [4.78, 5) is 13.4. The molecule has 0 bridgehead atoms. The van der Waals surface area contributed by atoms with Gasteiger partial charge in [0, 0.05) is 18.7 Å². The van der Waals surface area contributed by atoms with Gasteiger partial charge in [-0.25, -0.2) is 0 Å². The van der Waals surface area contributed by atoms with Crippen LogP contribution in [0.5, 0.6) is 5.75 Å². The van der Waals surface area contributed by atoms with E-state index in [9.17, 15) is 4.79 Å². The molecule has 0 radical (unpaired) electrons. The molecule has 1 aliphatic heterocycles. The summed E-state index contributed by atoms with van der Waals surface area (Å²) in [5.74, 6) is 0.786. The van der Waals surface area contributed by atoms with Gasteiger partial charge < -0.3 is 20.1 Å². The third kappa shape index (κ3) is 3.45. The molecule has 1 heterocycles. The van der Waals surface area contributed by atoms with Crippen LogP contribution in [0.3, 0.4) is 0 Å². The highest BCUT2D eigenvalue weighted by Crippen LogP contribution is 2.24. The van der Waals surface area contributed by atoms with Gasteiger partial charge in [0.1, 0.15) is 12.4 Å². The maximum atomic E-state index is 11.7. The van der Waals surface area contributed by atoms with Crippen molar-refractivity contribution in [1.29, 1.82) is 0 Å². The molecule has 5 heteroatoms. The fraction of sp³-hybridized carbons (Fsp3) is 0.500. The molecular formula is C14H20N2O3. The van der Waals surface area contributed by atoms with E-state index in [1.54, 1.807) is 4.90 Å². The molecule has 0 saturated carbocycles. The van der Waals surface area contributed by atoms with Crippen molar-refractivity contribution in [3.8, 4) is 5.75 Å². The number of para-hydroxylation sites is 1. The number of carbonyl (C=O) groups is 1. The van der Waals surface area contributed by atoms with Crippen LogP contribution in [0, 0.1) is 0 Å². The van der Waals surface area contributed by atoms with Crippen LogP contribution < -0.4 is 10.5 Å². The highest BCUT2D eigenvalue weighted by molar-refractivity contribution is 5.78. The molecule has 1 aromatic rings. The highest BCUT2D eigenvalue weighted by Gasteiger charge is 2.22. The van der Waals surface area contributed by atoms with E-state index in [1.807, 2.05) is 31.2 Å². The standard InChI is InChI=1S/C14H20N2O3/c1-2-19-13-6-4-3-5-11(13)12(15)9-16-7-8-18-10-14(16)17/h3-6,12H,2,7-10,15H2,1H3. The van der Waals surface area contributed by atoms with E-state index in [1.165, 1.54) is 0 Å². The first-order valence-corrected chi connectivity index (χ1v) is 6.55. The van der Waals surface area contributed by atoms with E-state index in [2.05, 4.69) is 0 Å². The molecule has 1 fully saturated rings. The number of carbonyl (C=O) groups excluding carboxylic acids is 1. The van der Waals surface area contributed by atoms with Crippen LogP contribution >= 0.6 is 0 Å². The molecule has 0 spiro atoms. The summed E-state index contributed by atoms with van der Waals surface area (Å²) in [5, 5.41) is 0. The third-order valence-corrected chi connectivity index (χ3v) is 3.12. The molecule has 2 N–H and O–H groups in total. The zero-order chi connectivity index (χ0) is 13.7. The fourth-order valence-corrected chi connectivity index (χ4v) is 2.15. The van der Waals surface area contributed by atoms with E-state index in [-0.39, 0.29) is 18.6 Å². The number of nitrogens with two attached hydrogens (primary N) is 1. The summed E-state index contributed by atoms with van der Waals surface area (Å²) in [5.41, 5.74) is 7.14. The Morgan fingerprint density at radius 1 is 1.47 bits per heavy atom. The van der Waals surface area contributed by atoms with Crippen LogP contribution in [0.2, 0.25) is 0 Å². The molecule has 5 nitrogen and oxygen atoms in total. The van der Waals surface area contributed by atoms with Gasteiger partial charge in [0.2, 0.25) is 5.91 Å². The van der Waals surface area contributed by atoms with Crippen LogP contribution in [0.25, 0.3) is 0 Å². The van der Waals surface area contributed by atoms with Gasteiger partial charge in [0.25, 0.3) is 0 Å². The van der Waals surface area contributed by atoms with Crippen molar-refractivity contribution >= 4 is 5.91 Å². The maximum absolute atomic E-state index is 11.7. The van der Waals surface area contributed by atoms with Crippen molar-refractivity contribution in [3.63, 3.8) is 0 Å². The minimum absolute atomic E-state index is 0.00408. The number of hydrogen-bond donors (Lipinski definition) is 1. The SMILES string of the molecule is CCOc1ccccc1C(N)CN1CCOCC1=O. The number of morpholine rings is 1. The first kappa shape index (κ1) is 13.8. The fourth-order valence-electron chi connectivity index (χ4n) is 2.15. The first-order valence-electron chi connectivity index (χ1n) is 6.55. The van der Waals surface area contributed by atoms with Gasteiger partial charge in [-0.15, -0.1) is 0 Å². The highest BCUT2D eigenvalue weighted by atomic mass is 16.5.